The topological polar surface area (TPSA) is 60.2 Å². The van der Waals surface area contributed by atoms with Gasteiger partial charge in [0.05, 0.1) is 11.2 Å². The van der Waals surface area contributed by atoms with E-state index in [0.717, 1.165) is 55.4 Å². The van der Waals surface area contributed by atoms with Crippen LogP contribution in [0, 0.1) is 6.07 Å². The second kappa shape index (κ2) is 12.5. The van der Waals surface area contributed by atoms with Gasteiger partial charge < -0.3 is 9.84 Å². The van der Waals surface area contributed by atoms with E-state index < -0.39 is 0 Å². The number of ether oxygens (including phenoxy) is 1. The first kappa shape index (κ1) is 29.2. The number of hydrogen-bond acceptors (Lipinski definition) is 4. The predicted octanol–water partition coefficient (Wildman–Crippen LogP) is 9.87. The Kier molecular flexibility index (Phi) is 7.92. The second-order valence-electron chi connectivity index (χ2n) is 10.7. The number of pyridine rings is 2. The molecule has 0 spiro atoms. The van der Waals surface area contributed by atoms with Crippen molar-refractivity contribution in [3.63, 3.8) is 0 Å². The first-order valence-corrected chi connectivity index (χ1v) is 14.7. The number of para-hydroxylation sites is 2. The van der Waals surface area contributed by atoms with Crippen molar-refractivity contribution in [2.24, 2.45) is 0 Å². The molecule has 6 heteroatoms. The molecule has 8 aromatic rings. The van der Waals surface area contributed by atoms with Gasteiger partial charge >= 0.3 is 0 Å². The molecule has 0 aliphatic carbocycles. The van der Waals surface area contributed by atoms with Crippen LogP contribution in [-0.2, 0) is 21.1 Å². The minimum absolute atomic E-state index is 0. The minimum Gasteiger partial charge on any atom is -0.506 e. The Labute approximate surface area is 280 Å². The molecule has 0 amide bonds. The number of nitrogens with zero attached hydrogens (tertiary/aromatic N) is 3. The zero-order valence-corrected chi connectivity index (χ0v) is 26.7. The average molecular weight is 776 g/mol. The van der Waals surface area contributed by atoms with Crippen LogP contribution in [0.4, 0.5) is 0 Å². The summed E-state index contributed by atoms with van der Waals surface area (Å²) in [7, 11) is 0. The minimum atomic E-state index is 0. The maximum Gasteiger partial charge on any atom is 0.217 e. The van der Waals surface area contributed by atoms with Crippen LogP contribution in [0.25, 0.3) is 61.1 Å². The van der Waals surface area contributed by atoms with Gasteiger partial charge in [0.25, 0.3) is 0 Å². The smallest absolute Gasteiger partial charge is 0.217 e. The number of aromatic nitrogens is 3. The van der Waals surface area contributed by atoms with E-state index in [0.29, 0.717) is 17.3 Å². The van der Waals surface area contributed by atoms with E-state index in [9.17, 15) is 5.11 Å². The van der Waals surface area contributed by atoms with Gasteiger partial charge in [-0.05, 0) is 64.3 Å². The van der Waals surface area contributed by atoms with Crippen LogP contribution in [0.1, 0.15) is 0 Å². The fourth-order valence-electron chi connectivity index (χ4n) is 5.85. The molecule has 0 unspecified atom stereocenters. The van der Waals surface area contributed by atoms with Gasteiger partial charge in [0.1, 0.15) is 11.4 Å². The molecule has 0 aliphatic rings. The van der Waals surface area contributed by atoms with Crippen LogP contribution >= 0.6 is 0 Å². The Balaban J connectivity index is 0.00000338. The van der Waals surface area contributed by atoms with Crippen LogP contribution in [0.2, 0.25) is 0 Å². The van der Waals surface area contributed by atoms with E-state index in [4.69, 9.17) is 9.72 Å². The second-order valence-corrected chi connectivity index (χ2v) is 10.7. The Morgan fingerprint density at radius 2 is 1.37 bits per heavy atom. The summed E-state index contributed by atoms with van der Waals surface area (Å²) < 4.78 is 8.10. The molecule has 0 atom stereocenters. The van der Waals surface area contributed by atoms with E-state index in [2.05, 4.69) is 59.6 Å². The van der Waals surface area contributed by atoms with Crippen molar-refractivity contribution >= 4 is 21.9 Å². The molecule has 0 saturated carbocycles. The van der Waals surface area contributed by atoms with E-state index >= 15 is 0 Å². The van der Waals surface area contributed by atoms with Crippen LogP contribution < -0.4 is 4.74 Å². The van der Waals surface area contributed by atoms with Crippen molar-refractivity contribution in [3.8, 4) is 56.6 Å². The average Bonchev–Trinajstić information content (AvgIpc) is 3.42. The number of aromatic hydroxyl groups is 1. The zero-order chi connectivity index (χ0) is 30.2. The molecule has 5 aromatic carbocycles. The molecule has 8 rings (SSSR count). The van der Waals surface area contributed by atoms with Crippen LogP contribution in [0.3, 0.4) is 0 Å². The molecule has 0 bridgehead atoms. The molecule has 5 nitrogen and oxygen atoms in total. The standard InChI is InChI=1S/C40H26N3O2.Pt/c44-37-19-8-7-18-36(37)43-35-22-21-29(27-12-3-1-4-13-27)25-33(35)34-26-32(28-14-5-2-6-15-28)39(42-40(34)43)30-16-11-17-31(24-30)45-38-20-9-10-23-41-38;/h1-23,25-26,44H;/q-1;. The normalized spacial score (nSPS) is 11.0. The van der Waals surface area contributed by atoms with Gasteiger partial charge in [-0.3, -0.25) is 9.55 Å². The Morgan fingerprint density at radius 1 is 0.630 bits per heavy atom. The van der Waals surface area contributed by atoms with Gasteiger partial charge in [-0.25, -0.2) is 4.98 Å². The third-order valence-electron chi connectivity index (χ3n) is 7.93. The summed E-state index contributed by atoms with van der Waals surface area (Å²) in [6.07, 6.45) is 1.70. The summed E-state index contributed by atoms with van der Waals surface area (Å²) >= 11 is 0. The summed E-state index contributed by atoms with van der Waals surface area (Å²) in [5.74, 6) is 1.21. The molecule has 0 radical (unpaired) electrons. The van der Waals surface area contributed by atoms with Gasteiger partial charge in [0, 0.05) is 49.9 Å². The molecule has 3 aromatic heterocycles. The number of phenolic OH excluding ortho intramolecular Hbond substituents is 1. The molecule has 0 saturated heterocycles. The SMILES string of the molecule is Oc1ccccc1-n1c2ccc(-c3ccccc3)cc2c2cc(-c3ccccc3)c(-c3[c-]c(Oc4ccccn4)ccc3)nc21.[Pt]. The van der Waals surface area contributed by atoms with E-state index in [1.807, 2.05) is 95.6 Å². The number of phenols is 1. The Morgan fingerprint density at radius 3 is 2.13 bits per heavy atom. The molecule has 46 heavy (non-hydrogen) atoms. The molecule has 3 heterocycles. The van der Waals surface area contributed by atoms with Gasteiger partial charge in [-0.2, -0.15) is 0 Å². The first-order chi connectivity index (χ1) is 22.2. The van der Waals surface area contributed by atoms with Crippen molar-refractivity contribution in [1.29, 1.82) is 0 Å². The monoisotopic (exact) mass is 775 g/mol. The number of hydrogen-bond donors (Lipinski definition) is 1. The molecule has 0 fully saturated rings. The van der Waals surface area contributed by atoms with E-state index in [-0.39, 0.29) is 26.8 Å². The third kappa shape index (κ3) is 5.36. The largest absolute Gasteiger partial charge is 0.506 e. The maximum atomic E-state index is 11.1. The predicted molar refractivity (Wildman–Crippen MR) is 180 cm³/mol. The van der Waals surface area contributed by atoms with Crippen molar-refractivity contribution < 1.29 is 30.9 Å². The van der Waals surface area contributed by atoms with Crippen molar-refractivity contribution in [3.05, 3.63) is 158 Å². The summed E-state index contributed by atoms with van der Waals surface area (Å²) in [5, 5.41) is 13.1. The van der Waals surface area contributed by atoms with Crippen molar-refractivity contribution in [2.75, 3.05) is 0 Å². The molecule has 0 aliphatic heterocycles. The van der Waals surface area contributed by atoms with Gasteiger partial charge in [0.2, 0.25) is 5.88 Å². The number of rotatable bonds is 6. The molecule has 1 N–H and O–H groups in total. The van der Waals surface area contributed by atoms with Crippen LogP contribution in [-0.4, -0.2) is 19.6 Å². The molecular weight excluding hydrogens is 750 g/mol. The number of benzene rings is 5. The fourth-order valence-corrected chi connectivity index (χ4v) is 5.85. The third-order valence-corrected chi connectivity index (χ3v) is 7.93. The zero-order valence-electron chi connectivity index (χ0n) is 24.4. The summed E-state index contributed by atoms with van der Waals surface area (Å²) in [6, 6.07) is 51.4. The van der Waals surface area contributed by atoms with Gasteiger partial charge in [-0.15, -0.1) is 23.8 Å². The van der Waals surface area contributed by atoms with Gasteiger partial charge in [0.15, 0.2) is 0 Å². The van der Waals surface area contributed by atoms with Crippen LogP contribution in [0.15, 0.2) is 152 Å². The van der Waals surface area contributed by atoms with Gasteiger partial charge in [-0.1, -0.05) is 91.0 Å². The fraction of sp³-hybridized carbons (Fsp3) is 0. The quantitative estimate of drug-likeness (QED) is 0.171. The summed E-state index contributed by atoms with van der Waals surface area (Å²) in [5.41, 5.74) is 8.12. The Hall–Kier alpha value is -5.51. The summed E-state index contributed by atoms with van der Waals surface area (Å²) in [6.45, 7) is 0. The van der Waals surface area contributed by atoms with Crippen LogP contribution in [0.5, 0.6) is 17.4 Å². The maximum absolute atomic E-state index is 11.1. The van der Waals surface area contributed by atoms with E-state index in [1.165, 1.54) is 0 Å². The van der Waals surface area contributed by atoms with E-state index in [1.54, 1.807) is 12.3 Å². The van der Waals surface area contributed by atoms with Crippen molar-refractivity contribution in [1.82, 2.24) is 14.5 Å². The number of fused-ring (bicyclic) bond motifs is 3. The van der Waals surface area contributed by atoms with Crippen molar-refractivity contribution in [2.45, 2.75) is 0 Å². The molecular formula is C40H26N3O2Pt-. The Bertz CT molecular complexity index is 2300. The summed E-state index contributed by atoms with van der Waals surface area (Å²) in [4.78, 5) is 9.68. The molecule has 224 valence electrons. The first-order valence-electron chi connectivity index (χ1n) is 14.7.